The number of rotatable bonds is 8. The van der Waals surface area contributed by atoms with Crippen molar-refractivity contribution in [2.24, 2.45) is 5.73 Å². The van der Waals surface area contributed by atoms with Gasteiger partial charge in [-0.15, -0.1) is 0 Å². The van der Waals surface area contributed by atoms with E-state index < -0.39 is 0 Å². The smallest absolute Gasteiger partial charge is 0.243 e. The first-order valence-corrected chi connectivity index (χ1v) is 10.8. The number of para-hydroxylation sites is 1. The summed E-state index contributed by atoms with van der Waals surface area (Å²) in [5.41, 5.74) is 13.9. The van der Waals surface area contributed by atoms with Crippen molar-refractivity contribution in [2.75, 3.05) is 25.1 Å². The first-order chi connectivity index (χ1) is 16.8. The molecule has 0 atom stereocenters. The number of amidine groups is 1. The molecule has 0 aliphatic heterocycles. The molecule has 4 aromatic rings. The zero-order chi connectivity index (χ0) is 24.9. The van der Waals surface area contributed by atoms with Gasteiger partial charge in [-0.05, 0) is 36.4 Å². The van der Waals surface area contributed by atoms with Crippen LogP contribution in [0.4, 0.5) is 17.3 Å². The predicted octanol–water partition coefficient (Wildman–Crippen LogP) is 3.44. The fourth-order valence-corrected chi connectivity index (χ4v) is 3.35. The predicted molar refractivity (Wildman–Crippen MR) is 136 cm³/mol. The van der Waals surface area contributed by atoms with Crippen LogP contribution in [0.1, 0.15) is 5.56 Å². The third kappa shape index (κ3) is 5.56. The summed E-state index contributed by atoms with van der Waals surface area (Å²) in [4.78, 5) is 18.1. The number of nitrogen functional groups attached to an aromatic ring is 2. The topological polar surface area (TPSA) is 148 Å². The number of likely N-dealkylation sites (N-methyl/N-ethyl adjacent to an activating group) is 1. The molecule has 2 aromatic carbocycles. The highest BCUT2D eigenvalue weighted by Crippen LogP contribution is 2.31. The van der Waals surface area contributed by atoms with Crippen molar-refractivity contribution in [3.05, 3.63) is 78.5 Å². The summed E-state index contributed by atoms with van der Waals surface area (Å²) >= 11 is 0. The zero-order valence-electron chi connectivity index (χ0n) is 19.4. The van der Waals surface area contributed by atoms with E-state index in [1.807, 2.05) is 54.6 Å². The number of nitrogens with one attached hydrogen (secondary N) is 2. The Labute approximate surface area is 202 Å². The summed E-state index contributed by atoms with van der Waals surface area (Å²) in [7, 11) is 3.38. The maximum atomic E-state index is 11.9. The molecule has 0 unspecified atom stereocenters. The minimum absolute atomic E-state index is 0.0743. The Balaban J connectivity index is 1.60. The number of anilines is 3. The normalized spacial score (nSPS) is 10.6. The minimum atomic E-state index is -0.187. The lowest BCUT2D eigenvalue weighted by molar-refractivity contribution is -0.129. The number of pyridine rings is 1. The van der Waals surface area contributed by atoms with E-state index in [2.05, 4.69) is 15.4 Å². The van der Waals surface area contributed by atoms with Gasteiger partial charge in [0, 0.05) is 43.7 Å². The van der Waals surface area contributed by atoms with Gasteiger partial charge in [0.05, 0.1) is 11.3 Å². The highest BCUT2D eigenvalue weighted by Gasteiger charge is 2.16. The van der Waals surface area contributed by atoms with E-state index in [1.54, 1.807) is 32.4 Å². The van der Waals surface area contributed by atoms with E-state index in [0.29, 0.717) is 39.9 Å². The van der Waals surface area contributed by atoms with Gasteiger partial charge in [0.1, 0.15) is 29.7 Å². The van der Waals surface area contributed by atoms with Crippen molar-refractivity contribution in [3.8, 4) is 22.8 Å². The number of carbonyl (C=O) groups excluding carboxylic acids is 1. The summed E-state index contributed by atoms with van der Waals surface area (Å²) in [6, 6.07) is 20.1. The van der Waals surface area contributed by atoms with Crippen molar-refractivity contribution >= 4 is 29.1 Å². The van der Waals surface area contributed by atoms with E-state index in [1.165, 1.54) is 9.58 Å². The average Bonchev–Trinajstić information content (AvgIpc) is 3.26. The molecule has 35 heavy (non-hydrogen) atoms. The Kier molecular flexibility index (Phi) is 6.63. The molecule has 4 rings (SSSR count). The molecule has 0 spiro atoms. The van der Waals surface area contributed by atoms with Crippen LogP contribution >= 0.6 is 0 Å². The van der Waals surface area contributed by atoms with Crippen molar-refractivity contribution in [1.82, 2.24) is 19.7 Å². The number of ether oxygens (including phenoxy) is 1. The van der Waals surface area contributed by atoms with E-state index in [9.17, 15) is 4.79 Å². The molecule has 1 amide bonds. The fourth-order valence-electron chi connectivity index (χ4n) is 3.35. The molecule has 0 saturated heterocycles. The lowest BCUT2D eigenvalue weighted by Gasteiger charge is -2.14. The Morgan fingerprint density at radius 2 is 1.74 bits per heavy atom. The molecule has 2 aromatic heterocycles. The van der Waals surface area contributed by atoms with Crippen LogP contribution in [0.3, 0.4) is 0 Å². The van der Waals surface area contributed by atoms with Gasteiger partial charge in [0.2, 0.25) is 5.91 Å². The highest BCUT2D eigenvalue weighted by atomic mass is 16.5. The average molecular weight is 471 g/mol. The molecular weight excluding hydrogens is 444 g/mol. The summed E-state index contributed by atoms with van der Waals surface area (Å²) < 4.78 is 7.39. The van der Waals surface area contributed by atoms with Crippen LogP contribution in [0.25, 0.3) is 11.3 Å². The molecule has 0 fully saturated rings. The molecule has 0 radical (unpaired) electrons. The van der Waals surface area contributed by atoms with E-state index >= 15 is 0 Å². The lowest BCUT2D eigenvalue weighted by atomic mass is 10.0. The number of carbonyl (C=O) groups is 1. The number of nitrogens with two attached hydrogens (primary N) is 2. The fraction of sp³-hybridized carbons (Fsp3) is 0.120. The minimum Gasteiger partial charge on any atom is -0.457 e. The van der Waals surface area contributed by atoms with Gasteiger partial charge in [-0.25, -0.2) is 4.98 Å². The van der Waals surface area contributed by atoms with Crippen molar-refractivity contribution in [1.29, 1.82) is 5.41 Å². The summed E-state index contributed by atoms with van der Waals surface area (Å²) in [6.07, 6.45) is 1.70. The van der Waals surface area contributed by atoms with Gasteiger partial charge < -0.3 is 26.4 Å². The van der Waals surface area contributed by atoms with Gasteiger partial charge in [0.25, 0.3) is 0 Å². The van der Waals surface area contributed by atoms with Crippen molar-refractivity contribution < 1.29 is 9.53 Å². The Morgan fingerprint density at radius 1 is 1.06 bits per heavy atom. The van der Waals surface area contributed by atoms with Crippen LogP contribution < -0.4 is 21.5 Å². The monoisotopic (exact) mass is 470 g/mol. The third-order valence-electron chi connectivity index (χ3n) is 5.12. The Hall–Kier alpha value is -4.86. The molecule has 178 valence electrons. The second kappa shape index (κ2) is 9.96. The maximum Gasteiger partial charge on any atom is 0.243 e. The van der Waals surface area contributed by atoms with Crippen LogP contribution in [0.5, 0.6) is 11.5 Å². The lowest BCUT2D eigenvalue weighted by Crippen LogP contribution is -2.26. The van der Waals surface area contributed by atoms with E-state index in [4.69, 9.17) is 21.6 Å². The summed E-state index contributed by atoms with van der Waals surface area (Å²) in [6.45, 7) is 0.121. The first kappa shape index (κ1) is 23.3. The summed E-state index contributed by atoms with van der Waals surface area (Å²) in [5.74, 6) is 2.05. The quantitative estimate of drug-likeness (QED) is 0.228. The van der Waals surface area contributed by atoms with Crippen LogP contribution in [-0.4, -0.2) is 45.5 Å². The van der Waals surface area contributed by atoms with E-state index in [-0.39, 0.29) is 18.3 Å². The number of amides is 1. The molecular formula is C25H26N8O2. The Morgan fingerprint density at radius 3 is 2.40 bits per heavy atom. The molecule has 0 aliphatic carbocycles. The first-order valence-electron chi connectivity index (χ1n) is 10.8. The molecule has 0 bridgehead atoms. The molecule has 10 nitrogen and oxygen atoms in total. The summed E-state index contributed by atoms with van der Waals surface area (Å²) in [5, 5.41) is 15.5. The number of hydrogen-bond donors (Lipinski definition) is 4. The Bertz CT molecular complexity index is 1350. The van der Waals surface area contributed by atoms with Gasteiger partial charge >= 0.3 is 0 Å². The van der Waals surface area contributed by atoms with Gasteiger partial charge in [0.15, 0.2) is 5.82 Å². The van der Waals surface area contributed by atoms with Gasteiger partial charge in [-0.2, -0.15) is 5.10 Å². The van der Waals surface area contributed by atoms with Gasteiger partial charge in [-0.3, -0.25) is 14.9 Å². The number of benzene rings is 2. The number of nitrogens with zero attached hydrogens (tertiary/aromatic N) is 4. The number of aromatic nitrogens is 3. The third-order valence-corrected chi connectivity index (χ3v) is 5.12. The van der Waals surface area contributed by atoms with Gasteiger partial charge in [-0.1, -0.05) is 18.2 Å². The second-order valence-corrected chi connectivity index (χ2v) is 7.99. The molecule has 2 heterocycles. The molecule has 6 N–H and O–H groups in total. The van der Waals surface area contributed by atoms with Crippen LogP contribution in [0, 0.1) is 5.41 Å². The van der Waals surface area contributed by atoms with Crippen LogP contribution in [-0.2, 0) is 11.3 Å². The molecule has 0 saturated carbocycles. The van der Waals surface area contributed by atoms with Crippen molar-refractivity contribution in [3.63, 3.8) is 0 Å². The maximum absolute atomic E-state index is 11.9. The second-order valence-electron chi connectivity index (χ2n) is 7.99. The number of hydrogen-bond acceptors (Lipinski definition) is 7. The SMILES string of the molecule is CN(C)C(=O)Cn1ccc(Nc2cc(N)c(C(=N)N)c(-c3ccc(Oc4ccccc4)cc3)n2)n1. The molecule has 10 heteroatoms. The highest BCUT2D eigenvalue weighted by molar-refractivity contribution is 6.05. The van der Waals surface area contributed by atoms with Crippen LogP contribution in [0.15, 0.2) is 72.9 Å². The largest absolute Gasteiger partial charge is 0.457 e. The zero-order valence-corrected chi connectivity index (χ0v) is 19.4. The van der Waals surface area contributed by atoms with E-state index in [0.717, 1.165) is 5.75 Å². The molecule has 0 aliphatic rings. The van der Waals surface area contributed by atoms with Crippen LogP contribution in [0.2, 0.25) is 0 Å². The standard InChI is InChI=1S/C25H26N8O2/c1-32(2)22(34)15-33-13-12-20(31-33)29-21-14-19(26)23(25(27)28)24(30-21)16-8-10-18(11-9-16)35-17-6-4-3-5-7-17/h3-14H,15H2,1-2H3,(H3,27,28)(H3,26,29,30,31). The van der Waals surface area contributed by atoms with Crippen molar-refractivity contribution in [2.45, 2.75) is 6.54 Å².